The van der Waals surface area contributed by atoms with E-state index in [1.807, 2.05) is 18.2 Å². The van der Waals surface area contributed by atoms with Gasteiger partial charge in [0, 0.05) is 38.8 Å². The molecule has 0 bridgehead atoms. The summed E-state index contributed by atoms with van der Waals surface area (Å²) < 4.78 is 43.2. The summed E-state index contributed by atoms with van der Waals surface area (Å²) in [5, 5.41) is 0. The van der Waals surface area contributed by atoms with Crippen molar-refractivity contribution in [3.8, 4) is 17.2 Å². The average Bonchev–Trinajstić information content (AvgIpc) is 3.26. The Morgan fingerprint density at radius 1 is 0.968 bits per heavy atom. The van der Waals surface area contributed by atoms with Crippen LogP contribution in [0.3, 0.4) is 0 Å². The van der Waals surface area contributed by atoms with E-state index in [-0.39, 0.29) is 12.5 Å². The average molecular weight is 445 g/mol. The van der Waals surface area contributed by atoms with E-state index in [1.165, 1.54) is 5.56 Å². The molecule has 1 fully saturated rings. The summed E-state index contributed by atoms with van der Waals surface area (Å²) in [6.45, 7) is 3.93. The highest BCUT2D eigenvalue weighted by Crippen LogP contribution is 2.35. The van der Waals surface area contributed by atoms with Crippen molar-refractivity contribution in [2.75, 3.05) is 51.9 Å². The van der Waals surface area contributed by atoms with E-state index in [1.54, 1.807) is 22.5 Å². The van der Waals surface area contributed by atoms with Crippen LogP contribution in [-0.2, 0) is 10.0 Å². The predicted molar refractivity (Wildman–Crippen MR) is 120 cm³/mol. The van der Waals surface area contributed by atoms with Gasteiger partial charge in [-0.25, -0.2) is 8.42 Å². The first-order chi connectivity index (χ1) is 15.1. The van der Waals surface area contributed by atoms with Crippen LogP contribution in [0.1, 0.15) is 12.0 Å². The molecule has 0 spiro atoms. The zero-order valence-electron chi connectivity index (χ0n) is 17.5. The molecule has 0 N–H and O–H groups in total. The van der Waals surface area contributed by atoms with Gasteiger partial charge >= 0.3 is 0 Å². The normalized spacial score (nSPS) is 17.3. The fourth-order valence-corrected chi connectivity index (χ4v) is 5.08. The number of benzene rings is 2. The summed E-state index contributed by atoms with van der Waals surface area (Å²) >= 11 is 0. The first-order valence-electron chi connectivity index (χ1n) is 10.5. The lowest BCUT2D eigenvalue weighted by atomic mass is 10.2. The van der Waals surface area contributed by atoms with Gasteiger partial charge in [-0.2, -0.15) is 4.31 Å². The lowest BCUT2D eigenvalue weighted by Crippen LogP contribution is -2.49. The molecule has 0 unspecified atom stereocenters. The Morgan fingerprint density at radius 3 is 2.55 bits per heavy atom. The van der Waals surface area contributed by atoms with Gasteiger partial charge in [-0.3, -0.25) is 4.90 Å². The van der Waals surface area contributed by atoms with Crippen LogP contribution in [0.2, 0.25) is 0 Å². The summed E-state index contributed by atoms with van der Waals surface area (Å²) in [5.74, 6) is 2.09. The van der Waals surface area contributed by atoms with Gasteiger partial charge in [0.25, 0.3) is 0 Å². The Balaban J connectivity index is 1.16. The highest BCUT2D eigenvalue weighted by molar-refractivity contribution is 7.89. The van der Waals surface area contributed by atoms with Gasteiger partial charge in [0.1, 0.15) is 5.75 Å². The zero-order chi connectivity index (χ0) is 21.5. The number of ether oxygens (including phenoxy) is 3. The van der Waals surface area contributed by atoms with E-state index in [4.69, 9.17) is 14.2 Å². The van der Waals surface area contributed by atoms with E-state index >= 15 is 0 Å². The predicted octanol–water partition coefficient (Wildman–Crippen LogP) is 2.85. The van der Waals surface area contributed by atoms with Crippen LogP contribution in [0.5, 0.6) is 17.2 Å². The molecule has 1 saturated heterocycles. The zero-order valence-corrected chi connectivity index (χ0v) is 18.3. The third-order valence-electron chi connectivity index (χ3n) is 5.36. The molecule has 7 nitrogen and oxygen atoms in total. The molecule has 0 saturated carbocycles. The first kappa shape index (κ1) is 21.7. The number of rotatable bonds is 9. The minimum Gasteiger partial charge on any atom is -0.493 e. The summed E-state index contributed by atoms with van der Waals surface area (Å²) in [6.07, 6.45) is 4.67. The Morgan fingerprint density at radius 2 is 1.74 bits per heavy atom. The Bertz CT molecular complexity index is 986. The maximum absolute atomic E-state index is 12.7. The molecule has 0 radical (unpaired) electrons. The highest BCUT2D eigenvalue weighted by atomic mass is 32.2. The molecule has 4 rings (SSSR count). The van der Waals surface area contributed by atoms with Gasteiger partial charge in [-0.1, -0.05) is 42.5 Å². The topological polar surface area (TPSA) is 68.3 Å². The maximum atomic E-state index is 12.7. The lowest BCUT2D eigenvalue weighted by molar-refractivity contribution is 0.173. The van der Waals surface area contributed by atoms with Crippen molar-refractivity contribution in [1.29, 1.82) is 0 Å². The maximum Gasteiger partial charge on any atom is 0.231 e. The molecular weight excluding hydrogens is 416 g/mol. The Labute approximate surface area is 183 Å². The summed E-state index contributed by atoms with van der Waals surface area (Å²) in [5.41, 5.74) is 1.17. The molecule has 2 aromatic rings. The number of hydrogen-bond acceptors (Lipinski definition) is 6. The number of nitrogens with zero attached hydrogens (tertiary/aromatic N) is 2. The summed E-state index contributed by atoms with van der Waals surface area (Å²) in [6, 6.07) is 15.5. The van der Waals surface area contributed by atoms with Crippen molar-refractivity contribution in [2.45, 2.75) is 6.42 Å². The fourth-order valence-electron chi connectivity index (χ4n) is 3.62. The van der Waals surface area contributed by atoms with Gasteiger partial charge in [-0.15, -0.1) is 0 Å². The second-order valence-electron chi connectivity index (χ2n) is 7.55. The monoisotopic (exact) mass is 444 g/mol. The molecule has 2 aliphatic heterocycles. The van der Waals surface area contributed by atoms with Crippen LogP contribution < -0.4 is 14.2 Å². The van der Waals surface area contributed by atoms with Gasteiger partial charge < -0.3 is 14.2 Å². The molecule has 0 amide bonds. The van der Waals surface area contributed by atoms with E-state index in [2.05, 4.69) is 29.2 Å². The van der Waals surface area contributed by atoms with Gasteiger partial charge in [0.15, 0.2) is 11.5 Å². The van der Waals surface area contributed by atoms with Crippen molar-refractivity contribution in [1.82, 2.24) is 9.21 Å². The standard InChI is InChI=1S/C23H28N2O5S/c26-31(27,17-5-16-28-21-9-10-22-23(18-21)30-19-29-22)25-14-12-24(13-15-25)11-4-8-20-6-2-1-3-7-20/h1-4,6-10,18H,5,11-17,19H2/b8-4+. The molecule has 166 valence electrons. The number of piperazine rings is 1. The Hall–Kier alpha value is -2.55. The minimum atomic E-state index is -3.27. The van der Waals surface area contributed by atoms with Crippen LogP contribution in [0.25, 0.3) is 6.08 Å². The quantitative estimate of drug-likeness (QED) is 0.554. The van der Waals surface area contributed by atoms with Gasteiger partial charge in [0.2, 0.25) is 16.8 Å². The molecule has 0 aliphatic carbocycles. The van der Waals surface area contributed by atoms with E-state index in [0.717, 1.165) is 19.6 Å². The first-order valence-corrected chi connectivity index (χ1v) is 12.2. The smallest absolute Gasteiger partial charge is 0.231 e. The molecular formula is C23H28N2O5S. The van der Waals surface area contributed by atoms with Gasteiger partial charge in [0.05, 0.1) is 12.4 Å². The van der Waals surface area contributed by atoms with Gasteiger partial charge in [-0.05, 0) is 24.1 Å². The van der Waals surface area contributed by atoms with Crippen LogP contribution >= 0.6 is 0 Å². The summed E-state index contributed by atoms with van der Waals surface area (Å²) in [7, 11) is -3.27. The van der Waals surface area contributed by atoms with Crippen molar-refractivity contribution in [3.63, 3.8) is 0 Å². The number of sulfonamides is 1. The Kier molecular flexibility index (Phi) is 7.11. The number of hydrogen-bond donors (Lipinski definition) is 0. The largest absolute Gasteiger partial charge is 0.493 e. The fraction of sp³-hybridized carbons (Fsp3) is 0.391. The van der Waals surface area contributed by atoms with Crippen molar-refractivity contribution in [3.05, 3.63) is 60.2 Å². The van der Waals surface area contributed by atoms with Crippen LogP contribution in [0.15, 0.2) is 54.6 Å². The second-order valence-corrected chi connectivity index (χ2v) is 9.63. The van der Waals surface area contributed by atoms with E-state index < -0.39 is 10.0 Å². The van der Waals surface area contributed by atoms with Crippen molar-refractivity contribution >= 4 is 16.1 Å². The molecule has 0 aromatic heterocycles. The third kappa shape index (κ3) is 6.00. The van der Waals surface area contributed by atoms with Crippen molar-refractivity contribution in [2.24, 2.45) is 0 Å². The third-order valence-corrected chi connectivity index (χ3v) is 7.31. The lowest BCUT2D eigenvalue weighted by Gasteiger charge is -2.33. The van der Waals surface area contributed by atoms with Crippen LogP contribution in [0.4, 0.5) is 0 Å². The van der Waals surface area contributed by atoms with E-state index in [9.17, 15) is 8.42 Å². The SMILES string of the molecule is O=S(=O)(CCCOc1ccc2c(c1)OCO2)N1CCN(C/C=C/c2ccccc2)CC1. The van der Waals surface area contributed by atoms with E-state index in [0.29, 0.717) is 43.4 Å². The molecule has 2 heterocycles. The van der Waals surface area contributed by atoms with Crippen molar-refractivity contribution < 1.29 is 22.6 Å². The van der Waals surface area contributed by atoms with Crippen LogP contribution in [-0.4, -0.2) is 69.5 Å². The highest BCUT2D eigenvalue weighted by Gasteiger charge is 2.26. The van der Waals surface area contributed by atoms with Crippen LogP contribution in [0, 0.1) is 0 Å². The molecule has 2 aromatic carbocycles. The molecule has 2 aliphatic rings. The number of fused-ring (bicyclic) bond motifs is 1. The molecule has 8 heteroatoms. The summed E-state index contributed by atoms with van der Waals surface area (Å²) in [4.78, 5) is 2.27. The minimum absolute atomic E-state index is 0.0888. The second kappa shape index (κ2) is 10.2. The molecule has 0 atom stereocenters. The molecule has 31 heavy (non-hydrogen) atoms.